The fourth-order valence-corrected chi connectivity index (χ4v) is 2.56. The molecule has 19 heavy (non-hydrogen) atoms. The Bertz CT molecular complexity index is 417. The van der Waals surface area contributed by atoms with E-state index in [2.05, 4.69) is 26.8 Å². The number of carbonyl (C=O) groups excluding carboxylic acids is 1. The van der Waals surface area contributed by atoms with Crippen molar-refractivity contribution in [2.24, 2.45) is 0 Å². The molecule has 0 aromatic heterocycles. The molecule has 1 fully saturated rings. The lowest BCUT2D eigenvalue weighted by atomic mass is 9.96. The van der Waals surface area contributed by atoms with Gasteiger partial charge in [0, 0.05) is 18.7 Å². The molecule has 2 rings (SSSR count). The summed E-state index contributed by atoms with van der Waals surface area (Å²) in [7, 11) is 0. The first kappa shape index (κ1) is 15.7. The molecule has 1 heterocycles. The normalized spacial score (nSPS) is 14.3. The smallest absolute Gasteiger partial charge is 0.253 e. The van der Waals surface area contributed by atoms with Crippen molar-refractivity contribution in [3.8, 4) is 0 Å². The van der Waals surface area contributed by atoms with E-state index in [0.717, 1.165) is 31.5 Å². The third-order valence-electron chi connectivity index (χ3n) is 3.53. The monoisotopic (exact) mass is 261 g/mol. The molecule has 1 aromatic rings. The largest absolute Gasteiger partial charge is 0.339 e. The topological polar surface area (TPSA) is 20.3 Å². The lowest BCUT2D eigenvalue weighted by molar-refractivity contribution is 0.0792. The van der Waals surface area contributed by atoms with E-state index in [1.165, 1.54) is 11.1 Å². The van der Waals surface area contributed by atoms with Crippen LogP contribution in [-0.4, -0.2) is 23.9 Å². The third-order valence-corrected chi connectivity index (χ3v) is 3.53. The van der Waals surface area contributed by atoms with Crippen LogP contribution >= 0.6 is 0 Å². The average Bonchev–Trinajstić information content (AvgIpc) is 2.93. The van der Waals surface area contributed by atoms with Gasteiger partial charge in [-0.1, -0.05) is 33.8 Å². The Labute approximate surface area is 117 Å². The standard InChI is InChI=1S/C15H21NO.C2H6/c1-11(2)14-7-6-13(10-12(14)3)15(17)16-8-4-5-9-16;1-2/h6-7,10-11H,4-5,8-9H2,1-3H3;1-2H3. The minimum atomic E-state index is 0.195. The number of amides is 1. The lowest BCUT2D eigenvalue weighted by Crippen LogP contribution is -2.27. The molecule has 1 amide bonds. The molecule has 0 N–H and O–H groups in total. The molecule has 1 aliphatic rings. The molecule has 2 nitrogen and oxygen atoms in total. The summed E-state index contributed by atoms with van der Waals surface area (Å²) >= 11 is 0. The number of rotatable bonds is 2. The van der Waals surface area contributed by atoms with Crippen LogP contribution in [0.15, 0.2) is 18.2 Å². The first-order chi connectivity index (χ1) is 9.09. The van der Waals surface area contributed by atoms with Crippen molar-refractivity contribution < 1.29 is 4.79 Å². The van der Waals surface area contributed by atoms with Gasteiger partial charge in [0.1, 0.15) is 0 Å². The van der Waals surface area contributed by atoms with Gasteiger partial charge in [-0.25, -0.2) is 0 Å². The number of carbonyl (C=O) groups is 1. The van der Waals surface area contributed by atoms with Crippen molar-refractivity contribution in [1.82, 2.24) is 4.90 Å². The van der Waals surface area contributed by atoms with E-state index in [4.69, 9.17) is 0 Å². The summed E-state index contributed by atoms with van der Waals surface area (Å²) in [4.78, 5) is 14.2. The van der Waals surface area contributed by atoms with Gasteiger partial charge in [-0.15, -0.1) is 0 Å². The molecule has 1 aromatic carbocycles. The van der Waals surface area contributed by atoms with Crippen molar-refractivity contribution in [2.45, 2.75) is 53.4 Å². The van der Waals surface area contributed by atoms with Gasteiger partial charge in [0.05, 0.1) is 0 Å². The van der Waals surface area contributed by atoms with Gasteiger partial charge >= 0.3 is 0 Å². The van der Waals surface area contributed by atoms with Crippen LogP contribution in [0.4, 0.5) is 0 Å². The molecule has 1 aliphatic heterocycles. The van der Waals surface area contributed by atoms with Gasteiger partial charge < -0.3 is 4.90 Å². The van der Waals surface area contributed by atoms with Crippen molar-refractivity contribution in [2.75, 3.05) is 13.1 Å². The van der Waals surface area contributed by atoms with Gasteiger partial charge in [-0.05, 0) is 48.9 Å². The van der Waals surface area contributed by atoms with Crippen LogP contribution < -0.4 is 0 Å². The Hall–Kier alpha value is -1.31. The van der Waals surface area contributed by atoms with Crippen molar-refractivity contribution in [3.63, 3.8) is 0 Å². The highest BCUT2D eigenvalue weighted by atomic mass is 16.2. The molecular formula is C17H27NO. The predicted octanol–water partition coefficient (Wildman–Crippen LogP) is 4.38. The first-order valence-electron chi connectivity index (χ1n) is 7.49. The maximum absolute atomic E-state index is 12.2. The SMILES string of the molecule is CC.Cc1cc(C(=O)N2CCCC2)ccc1C(C)C. The van der Waals surface area contributed by atoms with Crippen LogP contribution in [0.25, 0.3) is 0 Å². The fourth-order valence-electron chi connectivity index (χ4n) is 2.56. The minimum Gasteiger partial charge on any atom is -0.339 e. The van der Waals surface area contributed by atoms with Crippen molar-refractivity contribution in [1.29, 1.82) is 0 Å². The second-order valence-corrected chi connectivity index (χ2v) is 5.23. The van der Waals surface area contributed by atoms with Crippen LogP contribution in [0.1, 0.15) is 67.9 Å². The van der Waals surface area contributed by atoms with Crippen LogP contribution in [0, 0.1) is 6.92 Å². The molecule has 2 heteroatoms. The fraction of sp³-hybridized carbons (Fsp3) is 0.588. The second-order valence-electron chi connectivity index (χ2n) is 5.23. The first-order valence-corrected chi connectivity index (χ1v) is 7.49. The molecule has 0 radical (unpaired) electrons. The molecule has 0 spiro atoms. The van der Waals surface area contributed by atoms with E-state index < -0.39 is 0 Å². The highest BCUT2D eigenvalue weighted by molar-refractivity contribution is 5.94. The van der Waals surface area contributed by atoms with Crippen molar-refractivity contribution in [3.05, 3.63) is 34.9 Å². The number of hydrogen-bond acceptors (Lipinski definition) is 1. The second kappa shape index (κ2) is 7.32. The maximum Gasteiger partial charge on any atom is 0.253 e. The Morgan fingerprint density at radius 1 is 1.16 bits per heavy atom. The lowest BCUT2D eigenvalue weighted by Gasteiger charge is -2.17. The van der Waals surface area contributed by atoms with E-state index in [0.29, 0.717) is 5.92 Å². The quantitative estimate of drug-likeness (QED) is 0.773. The van der Waals surface area contributed by atoms with Crippen LogP contribution in [0.5, 0.6) is 0 Å². The molecular weight excluding hydrogens is 234 g/mol. The molecule has 0 unspecified atom stereocenters. The van der Waals surface area contributed by atoms with Crippen molar-refractivity contribution >= 4 is 5.91 Å². The Kier molecular flexibility index (Phi) is 6.07. The van der Waals surface area contributed by atoms with E-state index in [9.17, 15) is 4.79 Å². The van der Waals surface area contributed by atoms with Crippen LogP contribution in [0.3, 0.4) is 0 Å². The van der Waals surface area contributed by atoms with Gasteiger partial charge in [0.2, 0.25) is 0 Å². The number of aryl methyl sites for hydroxylation is 1. The minimum absolute atomic E-state index is 0.195. The molecule has 106 valence electrons. The van der Waals surface area contributed by atoms with E-state index >= 15 is 0 Å². The summed E-state index contributed by atoms with van der Waals surface area (Å²) in [5.41, 5.74) is 3.40. The third kappa shape index (κ3) is 3.82. The van der Waals surface area contributed by atoms with Gasteiger partial charge in [-0.2, -0.15) is 0 Å². The zero-order chi connectivity index (χ0) is 14.4. The Morgan fingerprint density at radius 3 is 2.21 bits per heavy atom. The van der Waals surface area contributed by atoms with Crippen LogP contribution in [-0.2, 0) is 0 Å². The van der Waals surface area contributed by atoms with E-state index in [-0.39, 0.29) is 5.91 Å². The molecule has 0 atom stereocenters. The predicted molar refractivity (Wildman–Crippen MR) is 81.8 cm³/mol. The highest BCUT2D eigenvalue weighted by Gasteiger charge is 2.19. The zero-order valence-corrected chi connectivity index (χ0v) is 13.0. The highest BCUT2D eigenvalue weighted by Crippen LogP contribution is 2.21. The summed E-state index contributed by atoms with van der Waals surface area (Å²) in [5.74, 6) is 0.715. The van der Waals surface area contributed by atoms with Gasteiger partial charge in [-0.3, -0.25) is 4.79 Å². The van der Waals surface area contributed by atoms with Gasteiger partial charge in [0.15, 0.2) is 0 Å². The number of likely N-dealkylation sites (tertiary alicyclic amines) is 1. The molecule has 0 aliphatic carbocycles. The number of benzene rings is 1. The number of hydrogen-bond donors (Lipinski definition) is 0. The van der Waals surface area contributed by atoms with Crippen LogP contribution in [0.2, 0.25) is 0 Å². The molecule has 0 bridgehead atoms. The summed E-state index contributed by atoms with van der Waals surface area (Å²) in [6.45, 7) is 12.3. The number of nitrogens with zero attached hydrogens (tertiary/aromatic N) is 1. The molecule has 1 saturated heterocycles. The summed E-state index contributed by atoms with van der Waals surface area (Å²) in [5, 5.41) is 0. The summed E-state index contributed by atoms with van der Waals surface area (Å²) in [6.07, 6.45) is 2.30. The van der Waals surface area contributed by atoms with Gasteiger partial charge in [0.25, 0.3) is 5.91 Å². The summed E-state index contributed by atoms with van der Waals surface area (Å²) < 4.78 is 0. The Balaban J connectivity index is 0.000000861. The van der Waals surface area contributed by atoms with E-state index in [1.807, 2.05) is 30.9 Å². The summed E-state index contributed by atoms with van der Waals surface area (Å²) in [6, 6.07) is 6.11. The average molecular weight is 261 g/mol. The molecule has 0 saturated carbocycles. The van der Waals surface area contributed by atoms with E-state index in [1.54, 1.807) is 0 Å². The zero-order valence-electron chi connectivity index (χ0n) is 13.0. The maximum atomic E-state index is 12.2. The Morgan fingerprint density at radius 2 is 1.74 bits per heavy atom.